The average molecular weight is 359 g/mol. The molecule has 0 saturated heterocycles. The number of carbonyl (C=O) groups is 2. The highest BCUT2D eigenvalue weighted by atomic mass is 16.5. The average Bonchev–Trinajstić information content (AvgIpc) is 2.87. The third-order valence-electron chi connectivity index (χ3n) is 3.80. The molecule has 0 bridgehead atoms. The molecule has 7 heteroatoms. The normalized spacial score (nSPS) is 10.5. The third-order valence-corrected chi connectivity index (χ3v) is 3.80. The number of aromatic nitrogens is 2. The molecule has 0 aliphatic heterocycles. The summed E-state index contributed by atoms with van der Waals surface area (Å²) in [4.78, 5) is 24.3. The molecule has 7 nitrogen and oxygen atoms in total. The number of esters is 1. The molecule has 0 aliphatic carbocycles. The Kier molecular flexibility index (Phi) is 6.77. The zero-order valence-electron chi connectivity index (χ0n) is 15.7. The van der Waals surface area contributed by atoms with Crippen molar-refractivity contribution in [2.75, 3.05) is 18.5 Å². The lowest BCUT2D eigenvalue weighted by atomic mass is 10.2. The van der Waals surface area contributed by atoms with Crippen LogP contribution in [0.5, 0.6) is 5.75 Å². The molecule has 1 aromatic heterocycles. The molecule has 0 aliphatic rings. The second-order valence-electron chi connectivity index (χ2n) is 5.97. The summed E-state index contributed by atoms with van der Waals surface area (Å²) < 4.78 is 12.1. The number of benzene rings is 1. The van der Waals surface area contributed by atoms with Gasteiger partial charge in [-0.3, -0.25) is 9.48 Å². The Morgan fingerprint density at radius 3 is 2.54 bits per heavy atom. The number of amides is 1. The number of hydrogen-bond donors (Lipinski definition) is 1. The molecule has 26 heavy (non-hydrogen) atoms. The van der Waals surface area contributed by atoms with Gasteiger partial charge < -0.3 is 14.8 Å². The lowest BCUT2D eigenvalue weighted by Crippen LogP contribution is -2.18. The summed E-state index contributed by atoms with van der Waals surface area (Å²) in [6.07, 6.45) is 0.837. The molecule has 1 amide bonds. The third kappa shape index (κ3) is 5.08. The molecule has 1 heterocycles. The molecule has 2 aromatic rings. The number of ether oxygens (including phenoxy) is 2. The lowest BCUT2D eigenvalue weighted by Gasteiger charge is -2.09. The van der Waals surface area contributed by atoms with Gasteiger partial charge in [0.05, 0.1) is 18.9 Å². The highest BCUT2D eigenvalue weighted by Crippen LogP contribution is 2.20. The molecule has 0 atom stereocenters. The van der Waals surface area contributed by atoms with Crippen LogP contribution in [0.15, 0.2) is 24.3 Å². The van der Waals surface area contributed by atoms with Gasteiger partial charge in [-0.2, -0.15) is 5.10 Å². The van der Waals surface area contributed by atoms with Crippen LogP contribution in [-0.4, -0.2) is 34.9 Å². The van der Waals surface area contributed by atoms with E-state index in [9.17, 15) is 9.59 Å². The van der Waals surface area contributed by atoms with Crippen molar-refractivity contribution in [3.63, 3.8) is 0 Å². The van der Waals surface area contributed by atoms with Crippen molar-refractivity contribution in [2.45, 2.75) is 33.6 Å². The maximum Gasteiger partial charge on any atom is 0.343 e. The first-order valence-electron chi connectivity index (χ1n) is 8.62. The van der Waals surface area contributed by atoms with Crippen LogP contribution in [0.4, 0.5) is 5.82 Å². The van der Waals surface area contributed by atoms with E-state index in [1.165, 1.54) is 10.2 Å². The van der Waals surface area contributed by atoms with Gasteiger partial charge >= 0.3 is 5.97 Å². The van der Waals surface area contributed by atoms with Gasteiger partial charge in [-0.15, -0.1) is 0 Å². The Labute approximate surface area is 153 Å². The molecule has 0 radical (unpaired) electrons. The van der Waals surface area contributed by atoms with Gasteiger partial charge in [-0.25, -0.2) is 4.79 Å². The van der Waals surface area contributed by atoms with Crippen molar-refractivity contribution in [2.24, 2.45) is 7.05 Å². The Balaban J connectivity index is 1.87. The van der Waals surface area contributed by atoms with E-state index in [4.69, 9.17) is 9.47 Å². The van der Waals surface area contributed by atoms with Gasteiger partial charge in [0.15, 0.2) is 0 Å². The Bertz CT molecular complexity index is 766. The first-order valence-corrected chi connectivity index (χ1v) is 8.62. The van der Waals surface area contributed by atoms with E-state index < -0.39 is 5.97 Å². The topological polar surface area (TPSA) is 82.5 Å². The Hall–Kier alpha value is -2.83. The minimum atomic E-state index is -0.490. The summed E-state index contributed by atoms with van der Waals surface area (Å²) in [6, 6.07) is 7.76. The predicted octanol–water partition coefficient (Wildman–Crippen LogP) is 3.01. The van der Waals surface area contributed by atoms with Gasteiger partial charge in [0.2, 0.25) is 5.91 Å². The lowest BCUT2D eigenvalue weighted by molar-refractivity contribution is -0.116. The number of aryl methyl sites for hydroxylation is 3. The van der Waals surface area contributed by atoms with E-state index in [2.05, 4.69) is 10.4 Å². The van der Waals surface area contributed by atoms with Crippen LogP contribution >= 0.6 is 0 Å². The van der Waals surface area contributed by atoms with E-state index in [0.29, 0.717) is 30.1 Å². The van der Waals surface area contributed by atoms with Gasteiger partial charge in [-0.05, 0) is 39.3 Å². The van der Waals surface area contributed by atoms with Gasteiger partial charge in [0.25, 0.3) is 0 Å². The van der Waals surface area contributed by atoms with Crippen molar-refractivity contribution < 1.29 is 19.1 Å². The van der Waals surface area contributed by atoms with Crippen LogP contribution in [-0.2, 0) is 16.6 Å². The zero-order chi connectivity index (χ0) is 19.1. The first kappa shape index (κ1) is 19.5. The quantitative estimate of drug-likeness (QED) is 0.579. The summed E-state index contributed by atoms with van der Waals surface area (Å²) in [5, 5.41) is 6.94. The fourth-order valence-electron chi connectivity index (χ4n) is 2.50. The molecular weight excluding hydrogens is 334 g/mol. The largest absolute Gasteiger partial charge is 0.494 e. The highest BCUT2D eigenvalue weighted by Gasteiger charge is 2.22. The van der Waals surface area contributed by atoms with E-state index in [1.54, 1.807) is 20.9 Å². The Morgan fingerprint density at radius 2 is 1.88 bits per heavy atom. The number of nitrogens with one attached hydrogen (secondary N) is 1. The van der Waals surface area contributed by atoms with E-state index in [0.717, 1.165) is 5.75 Å². The van der Waals surface area contributed by atoms with Crippen molar-refractivity contribution in [1.29, 1.82) is 0 Å². The number of anilines is 1. The summed E-state index contributed by atoms with van der Waals surface area (Å²) in [6.45, 7) is 6.15. The van der Waals surface area contributed by atoms with Gasteiger partial charge in [0.1, 0.15) is 17.1 Å². The minimum absolute atomic E-state index is 0.203. The molecule has 0 spiro atoms. The summed E-state index contributed by atoms with van der Waals surface area (Å²) in [5.74, 6) is 0.440. The summed E-state index contributed by atoms with van der Waals surface area (Å²) in [7, 11) is 1.67. The molecule has 0 fully saturated rings. The molecule has 0 unspecified atom stereocenters. The minimum Gasteiger partial charge on any atom is -0.494 e. The van der Waals surface area contributed by atoms with E-state index in [-0.39, 0.29) is 18.9 Å². The van der Waals surface area contributed by atoms with Crippen LogP contribution in [0.3, 0.4) is 0 Å². The predicted molar refractivity (Wildman–Crippen MR) is 98.4 cm³/mol. The van der Waals surface area contributed by atoms with E-state index >= 15 is 0 Å². The van der Waals surface area contributed by atoms with Crippen LogP contribution in [0.25, 0.3) is 0 Å². The smallest absolute Gasteiger partial charge is 0.343 e. The van der Waals surface area contributed by atoms with E-state index in [1.807, 2.05) is 31.2 Å². The molecule has 1 N–H and O–H groups in total. The maximum atomic E-state index is 12.2. The van der Waals surface area contributed by atoms with Crippen molar-refractivity contribution >= 4 is 17.7 Å². The monoisotopic (exact) mass is 359 g/mol. The SMILES string of the molecule is CCOC(=O)c1c(C)nn(C)c1NC(=O)CCCOc1ccc(C)cc1. The van der Waals surface area contributed by atoms with Crippen molar-refractivity contribution in [3.05, 3.63) is 41.1 Å². The van der Waals surface area contributed by atoms with Gasteiger partial charge in [0, 0.05) is 13.5 Å². The van der Waals surface area contributed by atoms with Gasteiger partial charge in [-0.1, -0.05) is 17.7 Å². The standard InChI is InChI=1S/C19H25N3O4/c1-5-25-19(24)17-14(3)21-22(4)18(17)20-16(23)7-6-12-26-15-10-8-13(2)9-11-15/h8-11H,5-7,12H2,1-4H3,(H,20,23). The van der Waals surface area contributed by atoms with Crippen molar-refractivity contribution in [1.82, 2.24) is 9.78 Å². The summed E-state index contributed by atoms with van der Waals surface area (Å²) >= 11 is 0. The molecular formula is C19H25N3O4. The number of rotatable bonds is 8. The molecule has 140 valence electrons. The highest BCUT2D eigenvalue weighted by molar-refractivity contribution is 6.01. The number of nitrogens with zero attached hydrogens (tertiary/aromatic N) is 2. The maximum absolute atomic E-state index is 12.2. The van der Waals surface area contributed by atoms with Crippen LogP contribution in [0, 0.1) is 13.8 Å². The van der Waals surface area contributed by atoms with Crippen molar-refractivity contribution in [3.8, 4) is 5.75 Å². The number of hydrogen-bond acceptors (Lipinski definition) is 5. The van der Waals surface area contributed by atoms with Crippen LogP contribution in [0.1, 0.15) is 41.4 Å². The van der Waals surface area contributed by atoms with Crippen LogP contribution < -0.4 is 10.1 Å². The summed E-state index contributed by atoms with van der Waals surface area (Å²) in [5.41, 5.74) is 1.98. The molecule has 1 aromatic carbocycles. The molecule has 0 saturated carbocycles. The first-order chi connectivity index (χ1) is 12.4. The second kappa shape index (κ2) is 9.03. The second-order valence-corrected chi connectivity index (χ2v) is 5.97. The molecule has 2 rings (SSSR count). The van der Waals surface area contributed by atoms with Crippen LogP contribution in [0.2, 0.25) is 0 Å². The zero-order valence-corrected chi connectivity index (χ0v) is 15.7. The number of carbonyl (C=O) groups excluding carboxylic acids is 2. The fourth-order valence-corrected chi connectivity index (χ4v) is 2.50. The Morgan fingerprint density at radius 1 is 1.19 bits per heavy atom. The fraction of sp³-hybridized carbons (Fsp3) is 0.421.